The summed E-state index contributed by atoms with van der Waals surface area (Å²) >= 11 is 1.10. The molecule has 2 aromatic carbocycles. The van der Waals surface area contributed by atoms with Gasteiger partial charge in [0.05, 0.1) is 10.9 Å². The van der Waals surface area contributed by atoms with Gasteiger partial charge in [-0.1, -0.05) is 36.4 Å². The van der Waals surface area contributed by atoms with Crippen molar-refractivity contribution in [2.24, 2.45) is 4.99 Å². The van der Waals surface area contributed by atoms with Crippen molar-refractivity contribution >= 4 is 40.8 Å². The summed E-state index contributed by atoms with van der Waals surface area (Å²) in [7, 11) is 0. The number of amidine groups is 1. The molecule has 2 amide bonds. The van der Waals surface area contributed by atoms with Gasteiger partial charge in [-0.05, 0) is 46.7 Å². The van der Waals surface area contributed by atoms with Crippen molar-refractivity contribution in [3.63, 3.8) is 0 Å². The molecule has 1 heterocycles. The number of benzene rings is 2. The minimum Gasteiger partial charge on any atom is -0.545 e. The summed E-state index contributed by atoms with van der Waals surface area (Å²) in [5.41, 5.74) is 1.67. The Hall–Kier alpha value is -3.39. The van der Waals surface area contributed by atoms with E-state index in [1.807, 2.05) is 6.07 Å². The van der Waals surface area contributed by atoms with Gasteiger partial charge in [-0.2, -0.15) is 4.99 Å². The van der Waals surface area contributed by atoms with Crippen molar-refractivity contribution < 1.29 is 24.2 Å². The van der Waals surface area contributed by atoms with Crippen LogP contribution < -0.4 is 15.2 Å². The van der Waals surface area contributed by atoms with Crippen molar-refractivity contribution in [1.29, 1.82) is 0 Å². The van der Waals surface area contributed by atoms with Crippen molar-refractivity contribution in [3.05, 3.63) is 70.1 Å². The molecule has 0 saturated heterocycles. The molecular formula is C20H15N2O5S-. The molecule has 0 bridgehead atoms. The lowest BCUT2D eigenvalue weighted by atomic mass is 10.1. The molecule has 142 valence electrons. The quantitative estimate of drug-likeness (QED) is 0.773. The van der Waals surface area contributed by atoms with E-state index in [4.69, 9.17) is 4.74 Å². The first kappa shape index (κ1) is 19.4. The summed E-state index contributed by atoms with van der Waals surface area (Å²) in [6.07, 6.45) is 1.67. The van der Waals surface area contributed by atoms with E-state index in [9.17, 15) is 19.5 Å². The van der Waals surface area contributed by atoms with Crippen molar-refractivity contribution in [2.45, 2.75) is 13.5 Å². The summed E-state index contributed by atoms with van der Waals surface area (Å²) in [5, 5.41) is 13.5. The molecule has 2 aromatic rings. The molecule has 0 fully saturated rings. The van der Waals surface area contributed by atoms with Gasteiger partial charge in [-0.15, -0.1) is 0 Å². The molecule has 1 aliphatic heterocycles. The Morgan fingerprint density at radius 3 is 2.64 bits per heavy atom. The Bertz CT molecular complexity index is 996. The summed E-state index contributed by atoms with van der Waals surface area (Å²) in [5.74, 6) is -1.33. The molecule has 8 heteroatoms. The number of aliphatic imine (C=N–C) groups is 1. The van der Waals surface area contributed by atoms with E-state index in [-0.39, 0.29) is 23.2 Å². The fraction of sp³-hybridized carbons (Fsp3) is 0.100. The predicted octanol–water partition coefficient (Wildman–Crippen LogP) is 1.74. The lowest BCUT2D eigenvalue weighted by Gasteiger charge is -2.08. The number of hydrogen-bond acceptors (Lipinski definition) is 6. The number of nitrogens with zero attached hydrogens (tertiary/aromatic N) is 1. The Kier molecular flexibility index (Phi) is 5.90. The third-order valence-electron chi connectivity index (χ3n) is 3.65. The number of carbonyl (C=O) groups is 3. The van der Waals surface area contributed by atoms with Crippen LogP contribution in [0.1, 0.15) is 28.4 Å². The van der Waals surface area contributed by atoms with Crippen LogP contribution in [0.15, 0.2) is 58.4 Å². The van der Waals surface area contributed by atoms with E-state index in [2.05, 4.69) is 10.3 Å². The van der Waals surface area contributed by atoms with Gasteiger partial charge in [-0.25, -0.2) is 0 Å². The molecule has 0 saturated carbocycles. The van der Waals surface area contributed by atoms with Crippen LogP contribution in [0.4, 0.5) is 0 Å². The maximum atomic E-state index is 11.9. The fourth-order valence-corrected chi connectivity index (χ4v) is 3.22. The molecular weight excluding hydrogens is 380 g/mol. The van der Waals surface area contributed by atoms with Crippen LogP contribution in [0.3, 0.4) is 0 Å². The first-order valence-corrected chi connectivity index (χ1v) is 9.05. The van der Waals surface area contributed by atoms with Crippen LogP contribution in [-0.4, -0.2) is 23.0 Å². The predicted molar refractivity (Wildman–Crippen MR) is 103 cm³/mol. The number of thioether (sulfide) groups is 1. The fourth-order valence-electron chi connectivity index (χ4n) is 2.36. The van der Waals surface area contributed by atoms with Crippen LogP contribution in [0, 0.1) is 0 Å². The third-order valence-corrected chi connectivity index (χ3v) is 4.55. The number of carboxylic acid groups (broad SMARTS) is 1. The number of ether oxygens (including phenoxy) is 1. The van der Waals surface area contributed by atoms with E-state index in [0.29, 0.717) is 10.7 Å². The maximum absolute atomic E-state index is 11.9. The Morgan fingerprint density at radius 2 is 1.96 bits per heavy atom. The van der Waals surface area contributed by atoms with E-state index < -0.39 is 11.9 Å². The number of nitrogens with one attached hydrogen (secondary N) is 1. The van der Waals surface area contributed by atoms with Gasteiger partial charge in [0, 0.05) is 6.92 Å². The molecule has 0 spiro atoms. The van der Waals surface area contributed by atoms with E-state index in [1.165, 1.54) is 19.1 Å². The van der Waals surface area contributed by atoms with E-state index in [0.717, 1.165) is 22.9 Å². The molecule has 0 aliphatic carbocycles. The maximum Gasteiger partial charge on any atom is 0.286 e. The van der Waals surface area contributed by atoms with Crippen LogP contribution in [-0.2, 0) is 16.2 Å². The monoisotopic (exact) mass is 395 g/mol. The van der Waals surface area contributed by atoms with Crippen LogP contribution in [0.25, 0.3) is 6.08 Å². The number of carbonyl (C=O) groups excluding carboxylic acids is 3. The molecule has 28 heavy (non-hydrogen) atoms. The van der Waals surface area contributed by atoms with Crippen molar-refractivity contribution in [3.8, 4) is 5.75 Å². The smallest absolute Gasteiger partial charge is 0.286 e. The van der Waals surface area contributed by atoms with Gasteiger partial charge in [0.1, 0.15) is 12.4 Å². The second-order valence-electron chi connectivity index (χ2n) is 5.86. The average molecular weight is 395 g/mol. The second-order valence-corrected chi connectivity index (χ2v) is 6.89. The Labute approximate surface area is 165 Å². The van der Waals surface area contributed by atoms with Gasteiger partial charge < -0.3 is 20.0 Å². The molecule has 0 atom stereocenters. The number of amides is 2. The van der Waals surface area contributed by atoms with Gasteiger partial charge in [0.15, 0.2) is 5.17 Å². The van der Waals surface area contributed by atoms with Gasteiger partial charge in [-0.3, -0.25) is 9.59 Å². The minimum absolute atomic E-state index is 0.108. The van der Waals surface area contributed by atoms with Crippen molar-refractivity contribution in [2.75, 3.05) is 0 Å². The molecule has 0 aromatic heterocycles. The first-order valence-electron chi connectivity index (χ1n) is 8.24. The second kappa shape index (κ2) is 8.53. The topological polar surface area (TPSA) is 108 Å². The van der Waals surface area contributed by atoms with Gasteiger partial charge in [0.2, 0.25) is 5.91 Å². The standard InChI is InChI=1S/C20H16N2O5S/c1-12(23)21-20-22-18(24)17(28-20)10-14-3-2-4-16(9-14)27-11-13-5-7-15(8-6-13)19(25)26/h2-10H,11H2,1H3,(H,25,26)(H,21,22,23,24)/p-1/b17-10+. The molecule has 1 aliphatic rings. The highest BCUT2D eigenvalue weighted by Crippen LogP contribution is 2.28. The SMILES string of the molecule is CC(=O)NC1=NC(=O)/C(=C\c2cccc(OCc3ccc(C(=O)[O-])cc3)c2)S1. The summed E-state index contributed by atoms with van der Waals surface area (Å²) < 4.78 is 5.73. The number of carboxylic acids is 1. The summed E-state index contributed by atoms with van der Waals surface area (Å²) in [4.78, 5) is 38.0. The van der Waals surface area contributed by atoms with Crippen LogP contribution in [0.5, 0.6) is 5.75 Å². The first-order chi connectivity index (χ1) is 13.4. The molecule has 0 unspecified atom stereocenters. The minimum atomic E-state index is -1.22. The highest BCUT2D eigenvalue weighted by molar-refractivity contribution is 8.18. The summed E-state index contributed by atoms with van der Waals surface area (Å²) in [6, 6.07) is 13.4. The van der Waals surface area contributed by atoms with Crippen LogP contribution in [0.2, 0.25) is 0 Å². The normalized spacial score (nSPS) is 14.7. The zero-order chi connectivity index (χ0) is 20.1. The zero-order valence-corrected chi connectivity index (χ0v) is 15.6. The number of aromatic carboxylic acids is 1. The molecule has 7 nitrogen and oxygen atoms in total. The Morgan fingerprint density at radius 1 is 1.21 bits per heavy atom. The van der Waals surface area contributed by atoms with E-state index in [1.54, 1.807) is 36.4 Å². The molecule has 1 N–H and O–H groups in total. The molecule has 0 radical (unpaired) electrons. The lowest BCUT2D eigenvalue weighted by molar-refractivity contribution is -0.255. The highest BCUT2D eigenvalue weighted by Gasteiger charge is 2.22. The van der Waals surface area contributed by atoms with Crippen molar-refractivity contribution in [1.82, 2.24) is 5.32 Å². The van der Waals surface area contributed by atoms with Gasteiger partial charge in [0.25, 0.3) is 5.91 Å². The van der Waals surface area contributed by atoms with Gasteiger partial charge >= 0.3 is 0 Å². The number of rotatable bonds is 5. The lowest BCUT2D eigenvalue weighted by Crippen LogP contribution is -2.23. The molecule has 3 rings (SSSR count). The highest BCUT2D eigenvalue weighted by atomic mass is 32.2. The Balaban J connectivity index is 1.65. The largest absolute Gasteiger partial charge is 0.545 e. The average Bonchev–Trinajstić information content (AvgIpc) is 2.98. The number of hydrogen-bond donors (Lipinski definition) is 1. The summed E-state index contributed by atoms with van der Waals surface area (Å²) in [6.45, 7) is 1.61. The van der Waals surface area contributed by atoms with E-state index >= 15 is 0 Å². The zero-order valence-electron chi connectivity index (χ0n) is 14.8. The third kappa shape index (κ3) is 5.08. The van der Waals surface area contributed by atoms with Crippen LogP contribution >= 0.6 is 11.8 Å².